The first-order chi connectivity index (χ1) is 19.1. The minimum Gasteiger partial charge on any atom is -0.382 e. The topological polar surface area (TPSA) is 157 Å². The lowest BCUT2D eigenvalue weighted by Gasteiger charge is -2.23. The first-order valence-corrected chi connectivity index (χ1v) is 12.6. The smallest absolute Gasteiger partial charge is 0.250 e. The molecule has 4 N–H and O–H groups in total. The van der Waals surface area contributed by atoms with Crippen LogP contribution in [0.3, 0.4) is 0 Å². The zero-order valence-electron chi connectivity index (χ0n) is 20.8. The van der Waals surface area contributed by atoms with Gasteiger partial charge in [0.15, 0.2) is 5.82 Å². The predicted molar refractivity (Wildman–Crippen MR) is 144 cm³/mol. The van der Waals surface area contributed by atoms with E-state index in [0.29, 0.717) is 35.8 Å². The Bertz CT molecular complexity index is 1860. The summed E-state index contributed by atoms with van der Waals surface area (Å²) in [5, 5.41) is 13.2. The molecule has 12 heteroatoms. The number of nitrogen functional groups attached to an aromatic ring is 1. The number of ether oxygens (including phenoxy) is 1. The van der Waals surface area contributed by atoms with Crippen LogP contribution in [0.4, 0.5) is 5.82 Å². The van der Waals surface area contributed by atoms with E-state index in [2.05, 4.69) is 25.4 Å². The minimum atomic E-state index is -0.507. The molecule has 0 saturated carbocycles. The monoisotopic (exact) mass is 520 g/mol. The fraction of sp³-hybridized carbons (Fsp3) is 0.185. The molecule has 7 rings (SSSR count). The van der Waals surface area contributed by atoms with Crippen molar-refractivity contribution in [2.75, 3.05) is 18.9 Å². The number of hydrogen-bond donors (Lipinski definition) is 2. The first-order valence-electron chi connectivity index (χ1n) is 12.6. The number of fused-ring (bicyclic) bond motifs is 2. The van der Waals surface area contributed by atoms with Gasteiger partial charge in [0.25, 0.3) is 5.91 Å². The number of nitrogens with zero attached hydrogens (tertiary/aromatic N) is 8. The number of rotatable bonds is 5. The van der Waals surface area contributed by atoms with Gasteiger partial charge in [-0.3, -0.25) is 9.36 Å². The molecule has 0 aliphatic carbocycles. The quantitative estimate of drug-likeness (QED) is 0.351. The molecule has 2 aromatic carbocycles. The summed E-state index contributed by atoms with van der Waals surface area (Å²) in [7, 11) is 0. The molecule has 0 bridgehead atoms. The van der Waals surface area contributed by atoms with Crippen LogP contribution in [0.5, 0.6) is 0 Å². The number of anilines is 1. The Kier molecular flexibility index (Phi) is 5.33. The fourth-order valence-electron chi connectivity index (χ4n) is 5.36. The van der Waals surface area contributed by atoms with E-state index in [4.69, 9.17) is 16.2 Å². The first kappa shape index (κ1) is 23.0. The fourth-order valence-corrected chi connectivity index (χ4v) is 5.36. The van der Waals surface area contributed by atoms with E-state index in [-0.39, 0.29) is 6.04 Å². The Morgan fingerprint density at radius 2 is 1.87 bits per heavy atom. The van der Waals surface area contributed by atoms with Crippen molar-refractivity contribution < 1.29 is 9.53 Å². The number of imidazole rings is 1. The molecule has 1 amide bonds. The van der Waals surface area contributed by atoms with Crippen LogP contribution >= 0.6 is 0 Å². The number of primary amides is 1. The highest BCUT2D eigenvalue weighted by Gasteiger charge is 2.24. The summed E-state index contributed by atoms with van der Waals surface area (Å²) < 4.78 is 11.2. The van der Waals surface area contributed by atoms with Crippen molar-refractivity contribution in [2.45, 2.75) is 18.9 Å². The van der Waals surface area contributed by atoms with Crippen molar-refractivity contribution in [3.63, 3.8) is 0 Å². The van der Waals surface area contributed by atoms with Crippen molar-refractivity contribution in [3.05, 3.63) is 72.9 Å². The highest BCUT2D eigenvalue weighted by atomic mass is 16.5. The van der Waals surface area contributed by atoms with Crippen molar-refractivity contribution in [1.82, 2.24) is 39.1 Å². The van der Waals surface area contributed by atoms with Crippen LogP contribution in [0.15, 0.2) is 67.4 Å². The Morgan fingerprint density at radius 3 is 2.72 bits per heavy atom. The van der Waals surface area contributed by atoms with Gasteiger partial charge in [0, 0.05) is 24.3 Å². The number of amides is 1. The SMILES string of the molecule is NC(=O)c1ccccc1-n1cnc2ccc(-c3cc(-c4cnnn4C4CCOCC4)c4c(N)ncnn34)cc21. The van der Waals surface area contributed by atoms with Crippen LogP contribution < -0.4 is 11.5 Å². The van der Waals surface area contributed by atoms with Gasteiger partial charge in [0.1, 0.15) is 18.2 Å². The summed E-state index contributed by atoms with van der Waals surface area (Å²) in [6, 6.07) is 15.3. The molecule has 5 heterocycles. The van der Waals surface area contributed by atoms with Gasteiger partial charge in [-0.05, 0) is 43.2 Å². The Morgan fingerprint density at radius 1 is 1.03 bits per heavy atom. The van der Waals surface area contributed by atoms with Gasteiger partial charge in [-0.15, -0.1) is 5.10 Å². The van der Waals surface area contributed by atoms with Gasteiger partial charge >= 0.3 is 0 Å². The Labute approximate surface area is 221 Å². The summed E-state index contributed by atoms with van der Waals surface area (Å²) in [5.41, 5.74) is 18.8. The third kappa shape index (κ3) is 3.72. The molecule has 1 fully saturated rings. The largest absolute Gasteiger partial charge is 0.382 e. The maximum atomic E-state index is 12.1. The van der Waals surface area contributed by atoms with E-state index in [9.17, 15) is 4.79 Å². The van der Waals surface area contributed by atoms with E-state index in [1.807, 2.05) is 45.6 Å². The van der Waals surface area contributed by atoms with Crippen molar-refractivity contribution in [2.24, 2.45) is 5.73 Å². The third-order valence-electron chi connectivity index (χ3n) is 7.24. The van der Waals surface area contributed by atoms with E-state index in [1.54, 1.807) is 29.2 Å². The molecule has 1 saturated heterocycles. The van der Waals surface area contributed by atoms with E-state index < -0.39 is 5.91 Å². The van der Waals surface area contributed by atoms with Crippen molar-refractivity contribution in [3.8, 4) is 28.2 Å². The van der Waals surface area contributed by atoms with Gasteiger partial charge in [0.05, 0.1) is 45.9 Å². The molecule has 1 aliphatic rings. The second kappa shape index (κ2) is 9.03. The Hall–Kier alpha value is -5.10. The average molecular weight is 521 g/mol. The van der Waals surface area contributed by atoms with Gasteiger partial charge in [-0.2, -0.15) is 5.10 Å². The molecule has 1 aliphatic heterocycles. The zero-order chi connectivity index (χ0) is 26.5. The van der Waals surface area contributed by atoms with Gasteiger partial charge in [0.2, 0.25) is 0 Å². The van der Waals surface area contributed by atoms with Crippen LogP contribution in [0.2, 0.25) is 0 Å². The third-order valence-corrected chi connectivity index (χ3v) is 7.24. The van der Waals surface area contributed by atoms with Crippen LogP contribution in [-0.2, 0) is 4.74 Å². The highest BCUT2D eigenvalue weighted by molar-refractivity contribution is 5.98. The normalized spacial score (nSPS) is 14.4. The van der Waals surface area contributed by atoms with E-state index >= 15 is 0 Å². The molecule has 0 unspecified atom stereocenters. The van der Waals surface area contributed by atoms with Crippen LogP contribution in [0, 0.1) is 0 Å². The van der Waals surface area contributed by atoms with Gasteiger partial charge < -0.3 is 16.2 Å². The van der Waals surface area contributed by atoms with Crippen LogP contribution in [0.1, 0.15) is 29.2 Å². The lowest BCUT2D eigenvalue weighted by atomic mass is 10.1. The number of para-hydroxylation sites is 1. The average Bonchev–Trinajstić information content (AvgIpc) is 3.70. The lowest BCUT2D eigenvalue weighted by Crippen LogP contribution is -2.21. The summed E-state index contributed by atoms with van der Waals surface area (Å²) >= 11 is 0. The summed E-state index contributed by atoms with van der Waals surface area (Å²) in [6.07, 6.45) is 6.59. The molecule has 194 valence electrons. The van der Waals surface area contributed by atoms with Crippen molar-refractivity contribution >= 4 is 28.3 Å². The molecule has 0 radical (unpaired) electrons. The van der Waals surface area contributed by atoms with Crippen molar-refractivity contribution in [1.29, 1.82) is 0 Å². The molecular formula is C27H24N10O2. The summed E-state index contributed by atoms with van der Waals surface area (Å²) in [6.45, 7) is 1.37. The second-order valence-electron chi connectivity index (χ2n) is 9.46. The number of aromatic nitrogens is 8. The van der Waals surface area contributed by atoms with Crippen LogP contribution in [0.25, 0.3) is 44.8 Å². The summed E-state index contributed by atoms with van der Waals surface area (Å²) in [5.74, 6) is -0.153. The second-order valence-corrected chi connectivity index (χ2v) is 9.46. The highest BCUT2D eigenvalue weighted by Crippen LogP contribution is 2.37. The molecule has 6 aromatic rings. The predicted octanol–water partition coefficient (Wildman–Crippen LogP) is 3.03. The summed E-state index contributed by atoms with van der Waals surface area (Å²) in [4.78, 5) is 20.9. The molecule has 39 heavy (non-hydrogen) atoms. The molecule has 4 aromatic heterocycles. The van der Waals surface area contributed by atoms with E-state index in [0.717, 1.165) is 46.4 Å². The number of carbonyl (C=O) groups is 1. The number of carbonyl (C=O) groups excluding carboxylic acids is 1. The number of benzene rings is 2. The minimum absolute atomic E-state index is 0.177. The van der Waals surface area contributed by atoms with Gasteiger partial charge in [-0.1, -0.05) is 23.4 Å². The number of hydrogen-bond acceptors (Lipinski definition) is 8. The molecule has 0 spiro atoms. The number of nitrogens with two attached hydrogens (primary N) is 2. The standard InChI is InChI=1S/C27H24N10O2/c28-26-25-19(24-13-32-34-36(24)17-7-9-39-10-8-17)12-22(37(25)33-14-30-26)16-5-6-20-23(11-16)35(15-31-20)21-4-2-1-3-18(21)27(29)38/h1-6,11-15,17H,7-10H2,(H2,29,38)(H2,28,30,33). The van der Waals surface area contributed by atoms with Gasteiger partial charge in [-0.25, -0.2) is 19.2 Å². The maximum absolute atomic E-state index is 12.1. The lowest BCUT2D eigenvalue weighted by molar-refractivity contribution is 0.0662. The zero-order valence-corrected chi connectivity index (χ0v) is 20.8. The van der Waals surface area contributed by atoms with Crippen LogP contribution in [-0.4, -0.2) is 58.3 Å². The molecule has 0 atom stereocenters. The molecule has 12 nitrogen and oxygen atoms in total. The maximum Gasteiger partial charge on any atom is 0.250 e. The van der Waals surface area contributed by atoms with E-state index in [1.165, 1.54) is 6.33 Å². The molecular weight excluding hydrogens is 496 g/mol. The Balaban J connectivity index is 1.41.